The van der Waals surface area contributed by atoms with Gasteiger partial charge in [-0.3, -0.25) is 9.20 Å². The molecular formula is C41H23NOS. The molecule has 0 saturated heterocycles. The first-order valence-electron chi connectivity index (χ1n) is 14.6. The van der Waals surface area contributed by atoms with Crippen molar-refractivity contribution >= 4 is 49.3 Å². The minimum atomic E-state index is 0.0168. The largest absolute Gasteiger partial charge is 0.275 e. The Hall–Kier alpha value is -5.69. The van der Waals surface area contributed by atoms with Crippen LogP contribution in [0.2, 0.25) is 0 Å². The maximum atomic E-state index is 14.0. The topological polar surface area (TPSA) is 21.5 Å². The fourth-order valence-electron chi connectivity index (χ4n) is 6.49. The Balaban J connectivity index is 1.29. The lowest BCUT2D eigenvalue weighted by atomic mass is 9.97. The highest BCUT2D eigenvalue weighted by atomic mass is 32.1. The quantitative estimate of drug-likeness (QED) is 0.191. The predicted molar refractivity (Wildman–Crippen MR) is 185 cm³/mol. The second-order valence-corrected chi connectivity index (χ2v) is 12.2. The Labute approximate surface area is 258 Å². The van der Waals surface area contributed by atoms with E-state index in [2.05, 4.69) is 109 Å². The lowest BCUT2D eigenvalue weighted by Crippen LogP contribution is -2.12. The summed E-state index contributed by atoms with van der Waals surface area (Å²) in [7, 11) is 0. The molecule has 2 nitrogen and oxygen atoms in total. The molecule has 0 spiro atoms. The average molecular weight is 578 g/mol. The molecule has 204 valence electrons. The van der Waals surface area contributed by atoms with Crippen molar-refractivity contribution in [3.8, 4) is 43.1 Å². The van der Waals surface area contributed by atoms with Gasteiger partial charge in [0.15, 0.2) is 0 Å². The number of aromatic nitrogens is 1. The van der Waals surface area contributed by atoms with Gasteiger partial charge < -0.3 is 0 Å². The van der Waals surface area contributed by atoms with E-state index in [4.69, 9.17) is 0 Å². The highest BCUT2D eigenvalue weighted by molar-refractivity contribution is 7.18. The zero-order chi connectivity index (χ0) is 29.2. The SMILES string of the molecule is O=c1c2ccccc2c2cc(-c3c#cc(-c4ccccc4)cc3)cc3c4cc(-c5ccc(-c6ccccc6)s5)ccc4n1c23. The summed E-state index contributed by atoms with van der Waals surface area (Å²) >= 11 is 1.79. The van der Waals surface area contributed by atoms with Crippen molar-refractivity contribution < 1.29 is 0 Å². The van der Waals surface area contributed by atoms with Crippen molar-refractivity contribution in [3.05, 3.63) is 162 Å². The number of rotatable bonds is 4. The van der Waals surface area contributed by atoms with E-state index in [-0.39, 0.29) is 5.56 Å². The van der Waals surface area contributed by atoms with E-state index in [0.717, 1.165) is 65.8 Å². The molecule has 0 aliphatic rings. The molecule has 0 radical (unpaired) electrons. The van der Waals surface area contributed by atoms with Gasteiger partial charge in [-0.05, 0) is 82.2 Å². The summed E-state index contributed by atoms with van der Waals surface area (Å²) in [6.45, 7) is 0. The Morgan fingerprint density at radius 3 is 1.73 bits per heavy atom. The summed E-state index contributed by atoms with van der Waals surface area (Å²) in [5.41, 5.74) is 8.43. The van der Waals surface area contributed by atoms with Crippen LogP contribution in [-0.4, -0.2) is 4.40 Å². The van der Waals surface area contributed by atoms with E-state index < -0.39 is 0 Å². The molecular weight excluding hydrogens is 555 g/mol. The maximum Gasteiger partial charge on any atom is 0.263 e. The number of fused-ring (bicyclic) bond motifs is 5. The standard InChI is InChI=1S/C41H23NOS/c43-41-33-14-8-7-13-32(33)35-24-31(28-17-15-27(16-18-28)26-9-3-1-4-10-26)25-36-34-23-30(19-20-37(34)42(41)40(35)36)39-22-21-38(44-39)29-11-5-2-6-12-29/h1-15,17,19-25H. The van der Waals surface area contributed by atoms with E-state index >= 15 is 0 Å². The van der Waals surface area contributed by atoms with Crippen LogP contribution in [0.25, 0.3) is 81.1 Å². The van der Waals surface area contributed by atoms with Crippen molar-refractivity contribution in [2.75, 3.05) is 0 Å². The summed E-state index contributed by atoms with van der Waals surface area (Å²) in [6.07, 6.45) is 0. The molecule has 0 amide bonds. The van der Waals surface area contributed by atoms with Crippen LogP contribution in [0.1, 0.15) is 0 Å². The molecule has 3 heteroatoms. The van der Waals surface area contributed by atoms with E-state index in [1.165, 1.54) is 15.3 Å². The molecule has 0 bridgehead atoms. The molecule has 44 heavy (non-hydrogen) atoms. The van der Waals surface area contributed by atoms with Gasteiger partial charge in [0.1, 0.15) is 0 Å². The summed E-state index contributed by atoms with van der Waals surface area (Å²) in [6, 6.07) is 55.1. The third-order valence-electron chi connectivity index (χ3n) is 8.61. The zero-order valence-electron chi connectivity index (χ0n) is 23.5. The van der Waals surface area contributed by atoms with Gasteiger partial charge in [0.2, 0.25) is 0 Å². The average Bonchev–Trinajstić information content (AvgIpc) is 3.72. The van der Waals surface area contributed by atoms with Crippen molar-refractivity contribution in [2.45, 2.75) is 0 Å². The zero-order valence-corrected chi connectivity index (χ0v) is 24.4. The monoisotopic (exact) mass is 577 g/mol. The molecule has 0 aliphatic heterocycles. The highest BCUT2D eigenvalue weighted by Crippen LogP contribution is 2.41. The van der Waals surface area contributed by atoms with Gasteiger partial charge in [-0.25, -0.2) is 0 Å². The third-order valence-corrected chi connectivity index (χ3v) is 9.79. The minimum absolute atomic E-state index is 0.0168. The van der Waals surface area contributed by atoms with Crippen molar-refractivity contribution in [2.24, 2.45) is 0 Å². The molecule has 0 aliphatic carbocycles. The van der Waals surface area contributed by atoms with E-state index in [9.17, 15) is 4.79 Å². The molecule has 3 heterocycles. The van der Waals surface area contributed by atoms with Crippen molar-refractivity contribution in [1.29, 1.82) is 0 Å². The molecule has 0 saturated carbocycles. The Morgan fingerprint density at radius 2 is 1.02 bits per heavy atom. The maximum absolute atomic E-state index is 14.0. The first-order chi connectivity index (χ1) is 21.7. The highest BCUT2D eigenvalue weighted by Gasteiger charge is 2.19. The van der Waals surface area contributed by atoms with Crippen LogP contribution in [0.3, 0.4) is 0 Å². The van der Waals surface area contributed by atoms with Crippen LogP contribution in [0.15, 0.2) is 144 Å². The number of pyridine rings is 1. The van der Waals surface area contributed by atoms with Crippen molar-refractivity contribution in [1.82, 2.24) is 4.40 Å². The van der Waals surface area contributed by atoms with Gasteiger partial charge in [-0.1, -0.05) is 97.1 Å². The van der Waals surface area contributed by atoms with Crippen LogP contribution < -0.4 is 5.56 Å². The van der Waals surface area contributed by atoms with Gasteiger partial charge in [-0.15, -0.1) is 11.3 Å². The Bertz CT molecular complexity index is 2540. The number of benzene rings is 5. The molecule has 3 aromatic heterocycles. The molecule has 9 aromatic rings. The molecule has 0 unspecified atom stereocenters. The van der Waals surface area contributed by atoms with Crippen LogP contribution in [0, 0.1) is 12.1 Å². The number of hydrogen-bond acceptors (Lipinski definition) is 2. The van der Waals surface area contributed by atoms with Crippen LogP contribution in [0.5, 0.6) is 0 Å². The minimum Gasteiger partial charge on any atom is -0.275 e. The third kappa shape index (κ3) is 3.79. The molecule has 0 N–H and O–H groups in total. The first-order valence-corrected chi connectivity index (χ1v) is 15.5. The Kier molecular flexibility index (Phi) is 5.47. The molecule has 0 fully saturated rings. The lowest BCUT2D eigenvalue weighted by molar-refractivity contribution is 1.21. The lowest BCUT2D eigenvalue weighted by Gasteiger charge is -2.09. The number of thiophene rings is 1. The summed E-state index contributed by atoms with van der Waals surface area (Å²) < 4.78 is 1.91. The van der Waals surface area contributed by atoms with Crippen LogP contribution in [0.4, 0.5) is 0 Å². The fraction of sp³-hybridized carbons (Fsp3) is 0. The van der Waals surface area contributed by atoms with E-state index in [1.807, 2.05) is 46.9 Å². The summed E-state index contributed by atoms with van der Waals surface area (Å²) in [4.78, 5) is 16.4. The van der Waals surface area contributed by atoms with E-state index in [0.29, 0.717) is 0 Å². The molecule has 6 aromatic carbocycles. The van der Waals surface area contributed by atoms with Gasteiger partial charge in [0, 0.05) is 42.4 Å². The second-order valence-electron chi connectivity index (χ2n) is 11.1. The second kappa shape index (κ2) is 9.67. The Morgan fingerprint density at radius 1 is 0.455 bits per heavy atom. The van der Waals surface area contributed by atoms with Gasteiger partial charge >= 0.3 is 0 Å². The van der Waals surface area contributed by atoms with Gasteiger partial charge in [0.05, 0.1) is 11.0 Å². The molecule has 9 rings (SSSR count). The predicted octanol–water partition coefficient (Wildman–Crippen LogP) is 10.5. The van der Waals surface area contributed by atoms with Crippen molar-refractivity contribution in [3.63, 3.8) is 0 Å². The van der Waals surface area contributed by atoms with Crippen LogP contribution in [-0.2, 0) is 0 Å². The summed E-state index contributed by atoms with van der Waals surface area (Å²) in [5.74, 6) is 0. The smallest absolute Gasteiger partial charge is 0.263 e. The van der Waals surface area contributed by atoms with Gasteiger partial charge in [-0.2, -0.15) is 0 Å². The normalized spacial score (nSPS) is 11.5. The molecule has 0 atom stereocenters. The fourth-order valence-corrected chi connectivity index (χ4v) is 7.50. The van der Waals surface area contributed by atoms with Crippen LogP contribution >= 0.6 is 11.3 Å². The number of hydrogen-bond donors (Lipinski definition) is 0. The summed E-state index contributed by atoms with van der Waals surface area (Å²) in [5, 5.41) is 4.89. The number of nitrogens with zero attached hydrogens (tertiary/aromatic N) is 1. The van der Waals surface area contributed by atoms with E-state index in [1.54, 1.807) is 11.3 Å². The first kappa shape index (κ1) is 24.9. The van der Waals surface area contributed by atoms with Gasteiger partial charge in [0.25, 0.3) is 5.56 Å².